The van der Waals surface area contributed by atoms with Crippen LogP contribution in [0.4, 0.5) is 0 Å². The molecule has 0 heterocycles. The summed E-state index contributed by atoms with van der Waals surface area (Å²) in [6.07, 6.45) is 74.6. The zero-order valence-electron chi connectivity index (χ0n) is 43.7. The summed E-state index contributed by atoms with van der Waals surface area (Å²) in [5.74, 6) is -0.416. The van der Waals surface area contributed by atoms with Gasteiger partial charge < -0.3 is 14.2 Å². The van der Waals surface area contributed by atoms with E-state index in [0.29, 0.717) is 19.4 Å². The number of esters is 2. The van der Waals surface area contributed by atoms with Crippen molar-refractivity contribution < 1.29 is 23.8 Å². The van der Waals surface area contributed by atoms with Gasteiger partial charge in [-0.1, -0.05) is 247 Å². The van der Waals surface area contributed by atoms with Crippen molar-refractivity contribution in [3.63, 3.8) is 0 Å². The molecular weight excluding hydrogens is 813 g/mol. The van der Waals surface area contributed by atoms with E-state index in [2.05, 4.69) is 106 Å². The highest BCUT2D eigenvalue weighted by Crippen LogP contribution is 2.15. The van der Waals surface area contributed by atoms with Gasteiger partial charge in [-0.05, 0) is 89.9 Å². The molecule has 0 saturated carbocycles. The van der Waals surface area contributed by atoms with Crippen molar-refractivity contribution in [1.29, 1.82) is 0 Å². The Labute approximate surface area is 409 Å². The minimum Gasteiger partial charge on any atom is -0.462 e. The van der Waals surface area contributed by atoms with Gasteiger partial charge in [0.05, 0.1) is 6.61 Å². The van der Waals surface area contributed by atoms with Gasteiger partial charge in [-0.3, -0.25) is 9.59 Å². The Morgan fingerprint density at radius 2 is 0.682 bits per heavy atom. The van der Waals surface area contributed by atoms with E-state index in [0.717, 1.165) is 96.3 Å². The maximum absolute atomic E-state index is 12.8. The summed E-state index contributed by atoms with van der Waals surface area (Å²) in [6.45, 7) is 7.59. The average molecular weight is 920 g/mol. The second-order valence-corrected chi connectivity index (χ2v) is 18.4. The van der Waals surface area contributed by atoms with Gasteiger partial charge in [0.15, 0.2) is 6.10 Å². The maximum atomic E-state index is 12.8. The Morgan fingerprint density at radius 1 is 0.348 bits per heavy atom. The molecule has 0 amide bonds. The molecule has 0 aromatic rings. The predicted octanol–water partition coefficient (Wildman–Crippen LogP) is 19.2. The summed E-state index contributed by atoms with van der Waals surface area (Å²) in [4.78, 5) is 25.5. The van der Waals surface area contributed by atoms with Gasteiger partial charge >= 0.3 is 11.9 Å². The van der Waals surface area contributed by atoms with Crippen LogP contribution in [-0.4, -0.2) is 37.9 Å². The van der Waals surface area contributed by atoms with Crippen LogP contribution in [0.1, 0.15) is 265 Å². The first kappa shape index (κ1) is 63.1. The molecule has 1 unspecified atom stereocenters. The number of rotatable bonds is 51. The van der Waals surface area contributed by atoms with Crippen LogP contribution in [-0.2, 0) is 23.8 Å². The number of allylic oxidation sites excluding steroid dienone is 14. The molecule has 5 nitrogen and oxygen atoms in total. The van der Waals surface area contributed by atoms with Crippen LogP contribution in [0.5, 0.6) is 0 Å². The molecule has 0 aliphatic carbocycles. The Morgan fingerprint density at radius 3 is 1.09 bits per heavy atom. The van der Waals surface area contributed by atoms with Crippen molar-refractivity contribution in [2.45, 2.75) is 271 Å². The minimum atomic E-state index is -0.551. The molecule has 0 fully saturated rings. The Balaban J connectivity index is 4.30. The van der Waals surface area contributed by atoms with E-state index < -0.39 is 6.10 Å². The maximum Gasteiger partial charge on any atom is 0.306 e. The number of unbranched alkanes of at least 4 members (excludes halogenated alkanes) is 26. The number of carbonyl (C=O) groups excluding carboxylic acids is 2. The van der Waals surface area contributed by atoms with Crippen LogP contribution in [0.25, 0.3) is 0 Å². The molecule has 0 rings (SSSR count). The van der Waals surface area contributed by atoms with E-state index in [1.807, 2.05) is 0 Å². The quantitative estimate of drug-likeness (QED) is 0.0346. The Kier molecular flexibility index (Phi) is 53.9. The van der Waals surface area contributed by atoms with Gasteiger partial charge in [0.1, 0.15) is 6.61 Å². The molecule has 380 valence electrons. The van der Waals surface area contributed by atoms with Crippen molar-refractivity contribution in [3.8, 4) is 0 Å². The zero-order chi connectivity index (χ0) is 47.7. The molecule has 0 aromatic heterocycles. The van der Waals surface area contributed by atoms with Gasteiger partial charge in [-0.15, -0.1) is 0 Å². The molecule has 5 heteroatoms. The monoisotopic (exact) mass is 919 g/mol. The van der Waals surface area contributed by atoms with E-state index in [1.165, 1.54) is 135 Å². The molecule has 66 heavy (non-hydrogen) atoms. The molecule has 0 aliphatic rings. The van der Waals surface area contributed by atoms with Crippen molar-refractivity contribution in [3.05, 3.63) is 85.1 Å². The molecule has 0 aliphatic heterocycles. The highest BCUT2D eigenvalue weighted by Gasteiger charge is 2.17. The lowest BCUT2D eigenvalue weighted by molar-refractivity contribution is -0.163. The van der Waals surface area contributed by atoms with E-state index in [9.17, 15) is 9.59 Å². The number of hydrogen-bond donors (Lipinski definition) is 0. The summed E-state index contributed by atoms with van der Waals surface area (Å²) in [6, 6.07) is 0. The molecule has 0 aromatic carbocycles. The van der Waals surface area contributed by atoms with Crippen molar-refractivity contribution >= 4 is 11.9 Å². The van der Waals surface area contributed by atoms with Crippen LogP contribution in [0.2, 0.25) is 0 Å². The van der Waals surface area contributed by atoms with Crippen LogP contribution in [0.15, 0.2) is 85.1 Å². The van der Waals surface area contributed by atoms with Gasteiger partial charge in [-0.25, -0.2) is 0 Å². The van der Waals surface area contributed by atoms with Gasteiger partial charge in [0, 0.05) is 19.4 Å². The Bertz CT molecular complexity index is 1220. The largest absolute Gasteiger partial charge is 0.462 e. The highest BCUT2D eigenvalue weighted by molar-refractivity contribution is 5.70. The van der Waals surface area contributed by atoms with Crippen molar-refractivity contribution in [1.82, 2.24) is 0 Å². The molecule has 0 radical (unpaired) electrons. The molecule has 0 saturated heterocycles. The van der Waals surface area contributed by atoms with E-state index in [-0.39, 0.29) is 25.2 Å². The van der Waals surface area contributed by atoms with Crippen LogP contribution < -0.4 is 0 Å². The lowest BCUT2D eigenvalue weighted by atomic mass is 10.0. The molecule has 0 N–H and O–H groups in total. The second kappa shape index (κ2) is 56.4. The standard InChI is InChI=1S/C61H106O5/c1-4-7-10-13-16-19-22-25-28-29-30-31-32-35-38-41-44-47-50-53-56-64-57-59(66-61(63)55-52-49-46-43-40-37-34-27-24-21-18-15-12-9-6-3)58-65-60(62)54-51-48-45-42-39-36-33-26-23-20-17-14-11-8-5-2/h7-8,10-11,16-17,19-20,25-26,28,30-31,33,59H,4-6,9,12-15,18,21-24,27,29,32,34-58H2,1-3H3/b10-7-,11-8-,19-16-,20-17-,28-25-,31-30-,33-26-. The van der Waals surface area contributed by atoms with Crippen molar-refractivity contribution in [2.24, 2.45) is 0 Å². The van der Waals surface area contributed by atoms with Crippen LogP contribution in [0.3, 0.4) is 0 Å². The third-order valence-corrected chi connectivity index (χ3v) is 11.9. The van der Waals surface area contributed by atoms with Gasteiger partial charge in [0.2, 0.25) is 0 Å². The smallest absolute Gasteiger partial charge is 0.306 e. The molecule has 1 atom stereocenters. The van der Waals surface area contributed by atoms with Crippen molar-refractivity contribution in [2.75, 3.05) is 19.8 Å². The normalized spacial score (nSPS) is 12.8. The van der Waals surface area contributed by atoms with E-state index >= 15 is 0 Å². The first-order valence-electron chi connectivity index (χ1n) is 28.1. The summed E-state index contributed by atoms with van der Waals surface area (Å²) in [7, 11) is 0. The molecule has 0 spiro atoms. The topological polar surface area (TPSA) is 61.8 Å². The molecular formula is C61H106O5. The van der Waals surface area contributed by atoms with E-state index in [4.69, 9.17) is 14.2 Å². The van der Waals surface area contributed by atoms with Gasteiger partial charge in [-0.2, -0.15) is 0 Å². The van der Waals surface area contributed by atoms with Crippen LogP contribution in [0, 0.1) is 0 Å². The average Bonchev–Trinajstić information content (AvgIpc) is 3.32. The second-order valence-electron chi connectivity index (χ2n) is 18.4. The zero-order valence-corrected chi connectivity index (χ0v) is 43.7. The first-order chi connectivity index (χ1) is 32.6. The van der Waals surface area contributed by atoms with Gasteiger partial charge in [0.25, 0.3) is 0 Å². The fraction of sp³-hybridized carbons (Fsp3) is 0.738. The number of hydrogen-bond acceptors (Lipinski definition) is 5. The SMILES string of the molecule is CC/C=C\C/C=C\C/C=C\C/C=C\CCCCCCCCCOCC(COC(=O)CCCCCCC/C=C\C/C=C\C/C=C\CC)OC(=O)CCCCCCCCCCCCCCCCC. The first-order valence-corrected chi connectivity index (χ1v) is 28.1. The van der Waals surface area contributed by atoms with E-state index in [1.54, 1.807) is 0 Å². The fourth-order valence-electron chi connectivity index (χ4n) is 7.81. The van der Waals surface area contributed by atoms with Crippen LogP contribution >= 0.6 is 0 Å². The third kappa shape index (κ3) is 53.7. The summed E-state index contributed by atoms with van der Waals surface area (Å²) in [5, 5.41) is 0. The summed E-state index contributed by atoms with van der Waals surface area (Å²) < 4.78 is 17.5. The number of ether oxygens (including phenoxy) is 3. The third-order valence-electron chi connectivity index (χ3n) is 11.9. The minimum absolute atomic E-state index is 0.0707. The lowest BCUT2D eigenvalue weighted by Crippen LogP contribution is -2.30. The summed E-state index contributed by atoms with van der Waals surface area (Å²) in [5.41, 5.74) is 0. The fourth-order valence-corrected chi connectivity index (χ4v) is 7.81. The highest BCUT2D eigenvalue weighted by atomic mass is 16.6. The number of carbonyl (C=O) groups is 2. The molecule has 0 bridgehead atoms. The summed E-state index contributed by atoms with van der Waals surface area (Å²) >= 11 is 0. The Hall–Kier alpha value is -2.92. The lowest BCUT2D eigenvalue weighted by Gasteiger charge is -2.18. The predicted molar refractivity (Wildman–Crippen MR) is 288 cm³/mol.